The van der Waals surface area contributed by atoms with E-state index in [0.717, 1.165) is 12.0 Å². The maximum atomic E-state index is 10.2. The van der Waals surface area contributed by atoms with E-state index in [4.69, 9.17) is 0 Å². The van der Waals surface area contributed by atoms with Crippen LogP contribution in [-0.4, -0.2) is 5.11 Å². The normalized spacial score (nSPS) is 23.1. The molecule has 2 heteroatoms. The van der Waals surface area contributed by atoms with Crippen LogP contribution in [-0.2, 0) is 0 Å². The highest BCUT2D eigenvalue weighted by molar-refractivity contribution is 7.99. The number of aliphatic hydroxyl groups is 1. The van der Waals surface area contributed by atoms with E-state index in [9.17, 15) is 5.11 Å². The quantitative estimate of drug-likeness (QED) is 0.817. The molecule has 1 N–H and O–H groups in total. The fourth-order valence-electron chi connectivity index (χ4n) is 2.27. The molecular formula is C15H14OS. The van der Waals surface area contributed by atoms with E-state index in [1.807, 2.05) is 36.0 Å². The van der Waals surface area contributed by atoms with Gasteiger partial charge in [-0.05, 0) is 23.6 Å². The highest BCUT2D eigenvalue weighted by Gasteiger charge is 2.26. The lowest BCUT2D eigenvalue weighted by Gasteiger charge is -2.28. The molecular weight excluding hydrogens is 228 g/mol. The van der Waals surface area contributed by atoms with Crippen molar-refractivity contribution in [1.82, 2.24) is 0 Å². The molecule has 0 unspecified atom stereocenters. The minimum Gasteiger partial charge on any atom is -0.388 e. The zero-order valence-corrected chi connectivity index (χ0v) is 10.2. The topological polar surface area (TPSA) is 20.2 Å². The first-order valence-corrected chi connectivity index (χ1v) is 6.71. The molecule has 2 atom stereocenters. The number of benzene rings is 2. The summed E-state index contributed by atoms with van der Waals surface area (Å²) in [6.45, 7) is 0. The van der Waals surface area contributed by atoms with E-state index in [0.29, 0.717) is 5.25 Å². The van der Waals surface area contributed by atoms with Gasteiger partial charge in [-0.3, -0.25) is 0 Å². The Morgan fingerprint density at radius 2 is 1.65 bits per heavy atom. The molecule has 1 nitrogen and oxygen atoms in total. The van der Waals surface area contributed by atoms with E-state index in [2.05, 4.69) is 30.3 Å². The monoisotopic (exact) mass is 242 g/mol. The van der Waals surface area contributed by atoms with Gasteiger partial charge in [0.1, 0.15) is 0 Å². The van der Waals surface area contributed by atoms with Crippen LogP contribution in [0.2, 0.25) is 0 Å². The van der Waals surface area contributed by atoms with Crippen molar-refractivity contribution in [3.8, 4) is 0 Å². The number of hydrogen-bond acceptors (Lipinski definition) is 2. The van der Waals surface area contributed by atoms with Crippen molar-refractivity contribution in [2.24, 2.45) is 0 Å². The number of hydrogen-bond donors (Lipinski definition) is 1. The third-order valence-corrected chi connectivity index (χ3v) is 4.53. The molecule has 0 bridgehead atoms. The zero-order chi connectivity index (χ0) is 11.7. The van der Waals surface area contributed by atoms with Crippen LogP contribution in [0, 0.1) is 0 Å². The molecule has 2 aromatic carbocycles. The van der Waals surface area contributed by atoms with Gasteiger partial charge in [-0.15, -0.1) is 11.8 Å². The van der Waals surface area contributed by atoms with Gasteiger partial charge in [0.2, 0.25) is 0 Å². The summed E-state index contributed by atoms with van der Waals surface area (Å²) in [5.74, 6) is 0. The Labute approximate surface area is 105 Å². The van der Waals surface area contributed by atoms with Crippen LogP contribution in [0.1, 0.15) is 28.9 Å². The molecule has 0 saturated carbocycles. The number of fused-ring (bicyclic) bond motifs is 1. The molecule has 0 amide bonds. The zero-order valence-electron chi connectivity index (χ0n) is 9.41. The standard InChI is InChI=1S/C15H14OS/c16-13-10-15(11-6-2-1-3-7-11)17-14-9-5-4-8-12(13)14/h1-9,13,15-16H,10H2/t13-,15+/m0/s1. The van der Waals surface area contributed by atoms with Gasteiger partial charge in [-0.25, -0.2) is 0 Å². The summed E-state index contributed by atoms with van der Waals surface area (Å²) in [5.41, 5.74) is 2.37. The molecule has 1 aliphatic heterocycles. The third-order valence-electron chi connectivity index (χ3n) is 3.16. The lowest BCUT2D eigenvalue weighted by atomic mass is 10.00. The summed E-state index contributed by atoms with van der Waals surface area (Å²) < 4.78 is 0. The molecule has 0 fully saturated rings. The Morgan fingerprint density at radius 1 is 0.941 bits per heavy atom. The van der Waals surface area contributed by atoms with Gasteiger partial charge < -0.3 is 5.11 Å². The van der Waals surface area contributed by atoms with Gasteiger partial charge in [0.25, 0.3) is 0 Å². The first-order valence-electron chi connectivity index (χ1n) is 5.83. The average Bonchev–Trinajstić information content (AvgIpc) is 2.40. The molecule has 0 aromatic heterocycles. The predicted molar refractivity (Wildman–Crippen MR) is 71.1 cm³/mol. The molecule has 0 aliphatic carbocycles. The maximum Gasteiger partial charge on any atom is 0.0814 e. The van der Waals surface area contributed by atoms with E-state index in [1.165, 1.54) is 10.5 Å². The fourth-order valence-corrected chi connectivity index (χ4v) is 3.64. The van der Waals surface area contributed by atoms with E-state index in [1.54, 1.807) is 0 Å². The van der Waals surface area contributed by atoms with Crippen LogP contribution in [0.4, 0.5) is 0 Å². The van der Waals surface area contributed by atoms with Crippen molar-refractivity contribution in [1.29, 1.82) is 0 Å². The van der Waals surface area contributed by atoms with E-state index < -0.39 is 0 Å². The summed E-state index contributed by atoms with van der Waals surface area (Å²) >= 11 is 1.85. The van der Waals surface area contributed by atoms with Crippen molar-refractivity contribution < 1.29 is 5.11 Å². The number of rotatable bonds is 1. The SMILES string of the molecule is O[C@H]1C[C@H](c2ccccc2)Sc2ccccc21. The Morgan fingerprint density at radius 3 is 2.47 bits per heavy atom. The highest BCUT2D eigenvalue weighted by Crippen LogP contribution is 2.48. The van der Waals surface area contributed by atoms with Gasteiger partial charge in [0.05, 0.1) is 6.10 Å². The maximum absolute atomic E-state index is 10.2. The largest absolute Gasteiger partial charge is 0.388 e. The van der Waals surface area contributed by atoms with Crippen LogP contribution < -0.4 is 0 Å². The second-order valence-electron chi connectivity index (χ2n) is 4.31. The smallest absolute Gasteiger partial charge is 0.0814 e. The lowest BCUT2D eigenvalue weighted by Crippen LogP contribution is -2.10. The fraction of sp³-hybridized carbons (Fsp3) is 0.200. The second-order valence-corrected chi connectivity index (χ2v) is 5.55. The van der Waals surface area contributed by atoms with Crippen molar-refractivity contribution in [2.45, 2.75) is 22.7 Å². The van der Waals surface area contributed by atoms with Gasteiger partial charge >= 0.3 is 0 Å². The lowest BCUT2D eigenvalue weighted by molar-refractivity contribution is 0.161. The first-order chi connectivity index (χ1) is 8.34. The molecule has 0 saturated heterocycles. The van der Waals surface area contributed by atoms with Crippen LogP contribution in [0.15, 0.2) is 59.5 Å². The Balaban J connectivity index is 1.94. The Hall–Kier alpha value is -1.25. The molecule has 1 heterocycles. The van der Waals surface area contributed by atoms with Gasteiger partial charge in [-0.1, -0.05) is 48.5 Å². The molecule has 0 spiro atoms. The average molecular weight is 242 g/mol. The number of thioether (sulfide) groups is 1. The summed E-state index contributed by atoms with van der Waals surface area (Å²) in [6, 6.07) is 18.6. The van der Waals surface area contributed by atoms with Gasteiger partial charge in [0.15, 0.2) is 0 Å². The Kier molecular flexibility index (Phi) is 2.91. The first kappa shape index (κ1) is 10.9. The van der Waals surface area contributed by atoms with Crippen molar-refractivity contribution in [3.63, 3.8) is 0 Å². The number of aliphatic hydroxyl groups excluding tert-OH is 1. The van der Waals surface area contributed by atoms with Gasteiger partial charge in [-0.2, -0.15) is 0 Å². The highest BCUT2D eigenvalue weighted by atomic mass is 32.2. The van der Waals surface area contributed by atoms with Crippen molar-refractivity contribution >= 4 is 11.8 Å². The Bertz CT molecular complexity index is 509. The minimum absolute atomic E-state index is 0.336. The van der Waals surface area contributed by atoms with E-state index >= 15 is 0 Å². The summed E-state index contributed by atoms with van der Waals surface area (Å²) in [4.78, 5) is 1.21. The van der Waals surface area contributed by atoms with Crippen LogP contribution in [0.5, 0.6) is 0 Å². The molecule has 1 aliphatic rings. The van der Waals surface area contributed by atoms with Crippen LogP contribution >= 0.6 is 11.8 Å². The van der Waals surface area contributed by atoms with Crippen molar-refractivity contribution in [3.05, 3.63) is 65.7 Å². The molecule has 3 rings (SSSR count). The van der Waals surface area contributed by atoms with Gasteiger partial charge in [0, 0.05) is 10.1 Å². The minimum atomic E-state index is -0.336. The summed E-state index contributed by atoms with van der Waals surface area (Å²) in [6.07, 6.45) is 0.462. The van der Waals surface area contributed by atoms with Crippen molar-refractivity contribution in [2.75, 3.05) is 0 Å². The predicted octanol–water partition coefficient (Wildman–Crippen LogP) is 3.96. The second kappa shape index (κ2) is 4.55. The molecule has 86 valence electrons. The molecule has 0 radical (unpaired) electrons. The van der Waals surface area contributed by atoms with Crippen LogP contribution in [0.25, 0.3) is 0 Å². The van der Waals surface area contributed by atoms with E-state index in [-0.39, 0.29) is 6.10 Å². The molecule has 17 heavy (non-hydrogen) atoms. The summed E-state index contributed by atoms with van der Waals surface area (Å²) in [7, 11) is 0. The van der Waals surface area contributed by atoms with Crippen LogP contribution in [0.3, 0.4) is 0 Å². The summed E-state index contributed by atoms with van der Waals surface area (Å²) in [5, 5.41) is 10.5. The molecule has 2 aromatic rings. The third kappa shape index (κ3) is 2.11.